The lowest BCUT2D eigenvalue weighted by Crippen LogP contribution is -2.23. The second-order valence-corrected chi connectivity index (χ2v) is 4.60. The predicted octanol–water partition coefficient (Wildman–Crippen LogP) is 1.52. The molecule has 21 heavy (non-hydrogen) atoms. The van der Waals surface area contributed by atoms with E-state index in [0.717, 1.165) is 5.56 Å². The van der Waals surface area contributed by atoms with Gasteiger partial charge < -0.3 is 15.7 Å². The third-order valence-corrected chi connectivity index (χ3v) is 3.03. The smallest absolute Gasteiger partial charge is 0.335 e. The molecule has 0 spiro atoms. The van der Waals surface area contributed by atoms with Crippen molar-refractivity contribution in [2.45, 2.75) is 6.54 Å². The van der Waals surface area contributed by atoms with E-state index in [2.05, 4.69) is 4.98 Å². The van der Waals surface area contributed by atoms with Crippen molar-refractivity contribution in [2.24, 2.45) is 5.73 Å². The molecular formula is C15H15N3O3. The first-order chi connectivity index (χ1) is 9.99. The number of carbonyl (C=O) groups excluding carboxylic acids is 1. The Morgan fingerprint density at radius 3 is 2.48 bits per heavy atom. The molecule has 1 amide bonds. The molecule has 0 fully saturated rings. The number of aromatic nitrogens is 1. The van der Waals surface area contributed by atoms with Gasteiger partial charge >= 0.3 is 5.97 Å². The monoisotopic (exact) mass is 285 g/mol. The van der Waals surface area contributed by atoms with Gasteiger partial charge in [0.15, 0.2) is 0 Å². The third kappa shape index (κ3) is 3.36. The average Bonchev–Trinajstić information content (AvgIpc) is 2.47. The van der Waals surface area contributed by atoms with Gasteiger partial charge in [-0.15, -0.1) is 0 Å². The molecule has 0 saturated heterocycles. The fourth-order valence-corrected chi connectivity index (χ4v) is 1.99. The van der Waals surface area contributed by atoms with Crippen LogP contribution in [0.3, 0.4) is 0 Å². The van der Waals surface area contributed by atoms with Crippen molar-refractivity contribution in [2.75, 3.05) is 11.9 Å². The van der Waals surface area contributed by atoms with Gasteiger partial charge in [0, 0.05) is 19.8 Å². The molecule has 0 aliphatic heterocycles. The molecule has 6 heteroatoms. The number of benzene rings is 1. The molecule has 1 aromatic carbocycles. The van der Waals surface area contributed by atoms with E-state index in [1.54, 1.807) is 54.5 Å². The lowest BCUT2D eigenvalue weighted by molar-refractivity contribution is 0.0696. The SMILES string of the molecule is CN(Cc1ccc(C(=O)O)cc1)c1ncccc1C(N)=O. The van der Waals surface area contributed by atoms with Gasteiger partial charge in [0.1, 0.15) is 5.82 Å². The minimum atomic E-state index is -0.962. The second kappa shape index (κ2) is 6.04. The van der Waals surface area contributed by atoms with Crippen molar-refractivity contribution in [3.05, 3.63) is 59.3 Å². The van der Waals surface area contributed by atoms with Gasteiger partial charge in [-0.25, -0.2) is 9.78 Å². The summed E-state index contributed by atoms with van der Waals surface area (Å²) < 4.78 is 0. The molecule has 6 nitrogen and oxygen atoms in total. The number of nitrogens with two attached hydrogens (primary N) is 1. The lowest BCUT2D eigenvalue weighted by Gasteiger charge is -2.20. The van der Waals surface area contributed by atoms with Crippen LogP contribution >= 0.6 is 0 Å². The normalized spacial score (nSPS) is 10.1. The van der Waals surface area contributed by atoms with Crippen molar-refractivity contribution in [3.63, 3.8) is 0 Å². The summed E-state index contributed by atoms with van der Waals surface area (Å²) in [6, 6.07) is 9.81. The number of rotatable bonds is 5. The standard InChI is InChI=1S/C15H15N3O3/c1-18(14-12(13(16)19)3-2-8-17-14)9-10-4-6-11(7-5-10)15(20)21/h2-8H,9H2,1H3,(H2,16,19)(H,20,21). The molecule has 0 unspecified atom stereocenters. The van der Waals surface area contributed by atoms with Gasteiger partial charge in [-0.05, 0) is 29.8 Å². The molecule has 0 aliphatic carbocycles. The first kappa shape index (κ1) is 14.5. The molecule has 0 radical (unpaired) electrons. The predicted molar refractivity (Wildman–Crippen MR) is 78.3 cm³/mol. The first-order valence-electron chi connectivity index (χ1n) is 6.27. The van der Waals surface area contributed by atoms with Crippen LogP contribution in [0.2, 0.25) is 0 Å². The highest BCUT2D eigenvalue weighted by Crippen LogP contribution is 2.17. The van der Waals surface area contributed by atoms with Crippen LogP contribution in [0.5, 0.6) is 0 Å². The zero-order valence-electron chi connectivity index (χ0n) is 11.5. The minimum absolute atomic E-state index is 0.233. The van der Waals surface area contributed by atoms with Crippen LogP contribution in [0.15, 0.2) is 42.6 Å². The van der Waals surface area contributed by atoms with E-state index < -0.39 is 11.9 Å². The van der Waals surface area contributed by atoms with Crippen LogP contribution in [0.1, 0.15) is 26.3 Å². The quantitative estimate of drug-likeness (QED) is 0.868. The Bertz CT molecular complexity index is 668. The zero-order chi connectivity index (χ0) is 15.4. The maximum atomic E-state index is 11.4. The second-order valence-electron chi connectivity index (χ2n) is 4.60. The highest BCUT2D eigenvalue weighted by atomic mass is 16.4. The number of nitrogens with zero attached hydrogens (tertiary/aromatic N) is 2. The number of carboxylic acid groups (broad SMARTS) is 1. The topological polar surface area (TPSA) is 96.5 Å². The van der Waals surface area contributed by atoms with E-state index in [1.165, 1.54) is 0 Å². The Labute approximate surface area is 121 Å². The molecule has 108 valence electrons. The van der Waals surface area contributed by atoms with Gasteiger partial charge in [-0.1, -0.05) is 12.1 Å². The largest absolute Gasteiger partial charge is 0.478 e. The Kier molecular flexibility index (Phi) is 4.18. The molecular weight excluding hydrogens is 270 g/mol. The van der Waals surface area contributed by atoms with Gasteiger partial charge in [0.05, 0.1) is 11.1 Å². The van der Waals surface area contributed by atoms with Crippen molar-refractivity contribution in [1.82, 2.24) is 4.98 Å². The van der Waals surface area contributed by atoms with Gasteiger partial charge in [0.25, 0.3) is 5.91 Å². The third-order valence-electron chi connectivity index (χ3n) is 3.03. The number of hydrogen-bond donors (Lipinski definition) is 2. The highest BCUT2D eigenvalue weighted by molar-refractivity contribution is 5.97. The number of primary amides is 1. The molecule has 3 N–H and O–H groups in total. The van der Waals surface area contributed by atoms with E-state index >= 15 is 0 Å². The van der Waals surface area contributed by atoms with Crippen molar-refractivity contribution >= 4 is 17.7 Å². The fourth-order valence-electron chi connectivity index (χ4n) is 1.99. The molecule has 0 atom stereocenters. The van der Waals surface area contributed by atoms with Crippen LogP contribution in [0.4, 0.5) is 5.82 Å². The molecule has 1 heterocycles. The molecule has 2 aromatic rings. The summed E-state index contributed by atoms with van der Waals surface area (Å²) in [6.07, 6.45) is 1.59. The van der Waals surface area contributed by atoms with Gasteiger partial charge in [-0.3, -0.25) is 4.79 Å². The van der Waals surface area contributed by atoms with Crippen molar-refractivity contribution in [1.29, 1.82) is 0 Å². The van der Waals surface area contributed by atoms with Gasteiger partial charge in [0.2, 0.25) is 0 Å². The number of aromatic carboxylic acids is 1. The number of amides is 1. The van der Waals surface area contributed by atoms with E-state index in [9.17, 15) is 9.59 Å². The summed E-state index contributed by atoms with van der Waals surface area (Å²) in [5, 5.41) is 8.86. The van der Waals surface area contributed by atoms with Crippen LogP contribution < -0.4 is 10.6 Å². The van der Waals surface area contributed by atoms with Crippen LogP contribution in [0, 0.1) is 0 Å². The number of pyridine rings is 1. The summed E-state index contributed by atoms with van der Waals surface area (Å²) in [4.78, 5) is 28.2. The maximum absolute atomic E-state index is 11.4. The number of carboxylic acids is 1. The molecule has 0 saturated carbocycles. The number of anilines is 1. The Balaban J connectivity index is 2.20. The van der Waals surface area contributed by atoms with Crippen LogP contribution in [-0.2, 0) is 6.54 Å². The van der Waals surface area contributed by atoms with Gasteiger partial charge in [-0.2, -0.15) is 0 Å². The Morgan fingerprint density at radius 1 is 1.24 bits per heavy atom. The average molecular weight is 285 g/mol. The summed E-state index contributed by atoms with van der Waals surface area (Å²) in [5.74, 6) is -1.01. The maximum Gasteiger partial charge on any atom is 0.335 e. The molecule has 0 aliphatic rings. The molecule has 2 rings (SSSR count). The zero-order valence-corrected chi connectivity index (χ0v) is 11.5. The summed E-state index contributed by atoms with van der Waals surface area (Å²) in [6.45, 7) is 0.483. The molecule has 0 bridgehead atoms. The Morgan fingerprint density at radius 2 is 1.90 bits per heavy atom. The molecule has 1 aromatic heterocycles. The van der Waals surface area contributed by atoms with E-state index in [4.69, 9.17) is 10.8 Å². The number of carbonyl (C=O) groups is 2. The van der Waals surface area contributed by atoms with E-state index in [0.29, 0.717) is 17.9 Å². The lowest BCUT2D eigenvalue weighted by atomic mass is 10.1. The number of hydrogen-bond acceptors (Lipinski definition) is 4. The van der Waals surface area contributed by atoms with Crippen molar-refractivity contribution in [3.8, 4) is 0 Å². The van der Waals surface area contributed by atoms with Crippen molar-refractivity contribution < 1.29 is 14.7 Å². The summed E-state index contributed by atoms with van der Waals surface area (Å²) in [5.41, 5.74) is 6.82. The highest BCUT2D eigenvalue weighted by Gasteiger charge is 2.13. The first-order valence-corrected chi connectivity index (χ1v) is 6.27. The van der Waals surface area contributed by atoms with Crippen LogP contribution in [0.25, 0.3) is 0 Å². The summed E-state index contributed by atoms with van der Waals surface area (Å²) >= 11 is 0. The van der Waals surface area contributed by atoms with E-state index in [-0.39, 0.29) is 5.56 Å². The summed E-state index contributed by atoms with van der Waals surface area (Å²) in [7, 11) is 1.79. The Hall–Kier alpha value is -2.89. The van der Waals surface area contributed by atoms with E-state index in [1.807, 2.05) is 0 Å². The van der Waals surface area contributed by atoms with Crippen LogP contribution in [-0.4, -0.2) is 29.0 Å². The minimum Gasteiger partial charge on any atom is -0.478 e. The fraction of sp³-hybridized carbons (Fsp3) is 0.133.